The normalized spacial score (nSPS) is 13.3. The van der Waals surface area contributed by atoms with Crippen LogP contribution in [0.25, 0.3) is 11.3 Å². The summed E-state index contributed by atoms with van der Waals surface area (Å²) in [6.07, 6.45) is 3.54. The number of para-hydroxylation sites is 1. The minimum absolute atomic E-state index is 0.155. The molecular formula is C17H14ClN5O3S. The predicted molar refractivity (Wildman–Crippen MR) is 102 cm³/mol. The molecule has 27 heavy (non-hydrogen) atoms. The van der Waals surface area contributed by atoms with Gasteiger partial charge >= 0.3 is 0 Å². The zero-order valence-electron chi connectivity index (χ0n) is 14.2. The number of ether oxygens (including phenoxy) is 1. The van der Waals surface area contributed by atoms with Crippen molar-refractivity contribution in [1.82, 2.24) is 14.8 Å². The number of benzene rings is 1. The molecule has 1 aromatic carbocycles. The van der Waals surface area contributed by atoms with Crippen molar-refractivity contribution in [1.29, 1.82) is 0 Å². The van der Waals surface area contributed by atoms with E-state index in [1.54, 1.807) is 29.1 Å². The fourth-order valence-corrected chi connectivity index (χ4v) is 3.65. The molecule has 3 aromatic rings. The van der Waals surface area contributed by atoms with E-state index in [0.29, 0.717) is 21.6 Å². The highest BCUT2D eigenvalue weighted by atomic mass is 35.5. The van der Waals surface area contributed by atoms with E-state index >= 15 is 0 Å². The van der Waals surface area contributed by atoms with Crippen molar-refractivity contribution in [3.8, 4) is 17.0 Å². The molecule has 2 aromatic heterocycles. The number of hydrogen-bond donors (Lipinski definition) is 1. The largest absolute Gasteiger partial charge is 0.480 e. The molecule has 3 heterocycles. The van der Waals surface area contributed by atoms with Crippen LogP contribution in [0.2, 0.25) is 5.02 Å². The van der Waals surface area contributed by atoms with Crippen LogP contribution >= 0.6 is 22.9 Å². The second-order valence-electron chi connectivity index (χ2n) is 5.85. The fourth-order valence-electron chi connectivity index (χ4n) is 2.69. The Labute approximate surface area is 163 Å². The maximum Gasteiger partial charge on any atom is 0.265 e. The van der Waals surface area contributed by atoms with Crippen LogP contribution in [0.3, 0.4) is 0 Å². The second-order valence-corrected chi connectivity index (χ2v) is 7.11. The van der Waals surface area contributed by atoms with Gasteiger partial charge in [-0.25, -0.2) is 4.98 Å². The predicted octanol–water partition coefficient (Wildman–Crippen LogP) is 2.56. The van der Waals surface area contributed by atoms with Crippen molar-refractivity contribution >= 4 is 45.6 Å². The van der Waals surface area contributed by atoms with E-state index in [1.807, 2.05) is 18.6 Å². The first kappa shape index (κ1) is 17.5. The van der Waals surface area contributed by atoms with E-state index in [1.165, 1.54) is 16.2 Å². The molecule has 0 bridgehead atoms. The van der Waals surface area contributed by atoms with E-state index in [0.717, 1.165) is 11.3 Å². The number of hydrogen-bond acceptors (Lipinski definition) is 6. The van der Waals surface area contributed by atoms with Crippen LogP contribution in [0, 0.1) is 0 Å². The minimum atomic E-state index is -0.358. The number of nitrogens with one attached hydrogen (secondary N) is 1. The summed E-state index contributed by atoms with van der Waals surface area (Å²) in [5, 5.41) is 9.51. The summed E-state index contributed by atoms with van der Waals surface area (Å²) in [7, 11) is 1.82. The zero-order valence-corrected chi connectivity index (χ0v) is 15.8. The van der Waals surface area contributed by atoms with Gasteiger partial charge in [-0.3, -0.25) is 19.2 Å². The van der Waals surface area contributed by atoms with E-state index in [9.17, 15) is 9.59 Å². The smallest absolute Gasteiger partial charge is 0.265 e. The molecule has 8 nitrogen and oxygen atoms in total. The van der Waals surface area contributed by atoms with Gasteiger partial charge < -0.3 is 10.1 Å². The zero-order chi connectivity index (χ0) is 19.0. The number of nitrogens with zero attached hydrogens (tertiary/aromatic N) is 4. The molecule has 1 aliphatic heterocycles. The van der Waals surface area contributed by atoms with Crippen LogP contribution in [-0.2, 0) is 16.6 Å². The average Bonchev–Trinajstić information content (AvgIpc) is 3.26. The van der Waals surface area contributed by atoms with Crippen LogP contribution in [0.1, 0.15) is 0 Å². The Morgan fingerprint density at radius 2 is 2.30 bits per heavy atom. The molecule has 0 unspecified atom stereocenters. The highest BCUT2D eigenvalue weighted by Gasteiger charge is 2.28. The molecule has 0 radical (unpaired) electrons. The van der Waals surface area contributed by atoms with Gasteiger partial charge in [0.1, 0.15) is 6.54 Å². The molecule has 0 aliphatic carbocycles. The Kier molecular flexibility index (Phi) is 4.54. The fraction of sp³-hybridized carbons (Fsp3) is 0.176. The summed E-state index contributed by atoms with van der Waals surface area (Å²) in [4.78, 5) is 30.4. The quantitative estimate of drug-likeness (QED) is 0.723. The lowest BCUT2D eigenvalue weighted by Gasteiger charge is -2.29. The lowest BCUT2D eigenvalue weighted by atomic mass is 10.2. The number of fused-ring (bicyclic) bond motifs is 1. The van der Waals surface area contributed by atoms with Gasteiger partial charge in [0, 0.05) is 24.2 Å². The lowest BCUT2D eigenvalue weighted by Crippen LogP contribution is -2.43. The third-order valence-corrected chi connectivity index (χ3v) is 4.99. The van der Waals surface area contributed by atoms with Crippen molar-refractivity contribution < 1.29 is 14.3 Å². The molecule has 2 amide bonds. The van der Waals surface area contributed by atoms with Gasteiger partial charge in [-0.15, -0.1) is 11.3 Å². The number of rotatable bonds is 4. The molecule has 10 heteroatoms. The first-order valence-corrected chi connectivity index (χ1v) is 9.23. The van der Waals surface area contributed by atoms with Gasteiger partial charge in [-0.2, -0.15) is 5.10 Å². The number of thiazole rings is 1. The van der Waals surface area contributed by atoms with Crippen molar-refractivity contribution in [3.05, 3.63) is 41.0 Å². The maximum atomic E-state index is 12.4. The van der Waals surface area contributed by atoms with Crippen LogP contribution in [0.5, 0.6) is 5.75 Å². The lowest BCUT2D eigenvalue weighted by molar-refractivity contribution is -0.123. The SMILES string of the molecule is Cn1cc(-c2csc(NC(=O)CN3C(=O)COc4c(Cl)cccc43)n2)cn1. The molecule has 138 valence electrons. The van der Waals surface area contributed by atoms with Gasteiger partial charge in [0.15, 0.2) is 17.5 Å². The summed E-state index contributed by atoms with van der Waals surface area (Å²) < 4.78 is 7.06. The summed E-state index contributed by atoms with van der Waals surface area (Å²) in [6.45, 7) is -0.316. The second kappa shape index (κ2) is 7.01. The maximum absolute atomic E-state index is 12.4. The third kappa shape index (κ3) is 3.51. The molecule has 0 saturated carbocycles. The van der Waals surface area contributed by atoms with Gasteiger partial charge in [0.05, 0.1) is 22.6 Å². The van der Waals surface area contributed by atoms with Gasteiger partial charge in [0.2, 0.25) is 5.91 Å². The number of carbonyl (C=O) groups excluding carboxylic acids is 2. The van der Waals surface area contributed by atoms with Gasteiger partial charge in [-0.05, 0) is 12.1 Å². The Morgan fingerprint density at radius 1 is 1.44 bits per heavy atom. The molecule has 1 aliphatic rings. The Hall–Kier alpha value is -2.91. The molecule has 0 atom stereocenters. The monoisotopic (exact) mass is 403 g/mol. The van der Waals surface area contributed by atoms with Crippen molar-refractivity contribution in [2.45, 2.75) is 0 Å². The Morgan fingerprint density at radius 3 is 3.07 bits per heavy atom. The third-order valence-electron chi connectivity index (χ3n) is 3.93. The van der Waals surface area contributed by atoms with Crippen molar-refractivity contribution in [3.63, 3.8) is 0 Å². The number of aromatic nitrogens is 3. The molecule has 4 rings (SSSR count). The minimum Gasteiger partial charge on any atom is -0.480 e. The van der Waals surface area contributed by atoms with E-state index in [-0.39, 0.29) is 25.0 Å². The van der Waals surface area contributed by atoms with E-state index < -0.39 is 0 Å². The molecule has 0 fully saturated rings. The van der Waals surface area contributed by atoms with Gasteiger partial charge in [0.25, 0.3) is 5.91 Å². The molecular weight excluding hydrogens is 390 g/mol. The van der Waals surface area contributed by atoms with E-state index in [2.05, 4.69) is 15.4 Å². The summed E-state index contributed by atoms with van der Waals surface area (Å²) >= 11 is 7.41. The topological polar surface area (TPSA) is 89.4 Å². The van der Waals surface area contributed by atoms with Crippen LogP contribution < -0.4 is 15.0 Å². The molecule has 1 N–H and O–H groups in total. The molecule has 0 saturated heterocycles. The number of anilines is 2. The Balaban J connectivity index is 1.48. The number of aryl methyl sites for hydroxylation is 1. The van der Waals surface area contributed by atoms with Crippen LogP contribution in [0.15, 0.2) is 36.0 Å². The summed E-state index contributed by atoms with van der Waals surface area (Å²) in [5.41, 5.74) is 2.06. The first-order chi connectivity index (χ1) is 13.0. The van der Waals surface area contributed by atoms with Crippen LogP contribution in [-0.4, -0.2) is 39.7 Å². The number of halogens is 1. The Bertz CT molecular complexity index is 1030. The van der Waals surface area contributed by atoms with E-state index in [4.69, 9.17) is 16.3 Å². The van der Waals surface area contributed by atoms with Crippen molar-refractivity contribution in [2.24, 2.45) is 7.05 Å². The average molecular weight is 404 g/mol. The molecule has 0 spiro atoms. The standard InChI is InChI=1S/C17H14ClN5O3S/c1-22-6-10(5-19-22)12-9-27-17(20-12)21-14(24)7-23-13-4-2-3-11(18)16(13)26-8-15(23)25/h2-6,9H,7-8H2,1H3,(H,20,21,24). The van der Waals surface area contributed by atoms with Crippen LogP contribution in [0.4, 0.5) is 10.8 Å². The first-order valence-electron chi connectivity index (χ1n) is 7.97. The number of carbonyl (C=O) groups is 2. The highest BCUT2D eigenvalue weighted by Crippen LogP contribution is 2.38. The summed E-state index contributed by atoms with van der Waals surface area (Å²) in [5.74, 6) is -0.266. The highest BCUT2D eigenvalue weighted by molar-refractivity contribution is 7.14. The number of amides is 2. The van der Waals surface area contributed by atoms with Gasteiger partial charge in [-0.1, -0.05) is 17.7 Å². The van der Waals surface area contributed by atoms with Crippen molar-refractivity contribution in [2.75, 3.05) is 23.4 Å². The summed E-state index contributed by atoms with van der Waals surface area (Å²) in [6, 6.07) is 5.06.